The van der Waals surface area contributed by atoms with Gasteiger partial charge >= 0.3 is 0 Å². The fraction of sp³-hybridized carbons (Fsp3) is 0.267. The molecule has 19 heavy (non-hydrogen) atoms. The third-order valence-electron chi connectivity index (χ3n) is 2.81. The summed E-state index contributed by atoms with van der Waals surface area (Å²) < 4.78 is 10.5. The molecule has 1 aromatic heterocycles. The number of furan rings is 1. The number of nitrogens with one attached hydrogen (secondary N) is 1. The zero-order chi connectivity index (χ0) is 13.5. The Hall–Kier alpha value is -2.25. The van der Waals surface area contributed by atoms with E-state index in [9.17, 15) is 0 Å². The first-order valence-corrected chi connectivity index (χ1v) is 6.15. The molecule has 0 fully saturated rings. The molecule has 4 heteroatoms. The molecule has 98 valence electrons. The summed E-state index contributed by atoms with van der Waals surface area (Å²) in [4.78, 5) is 0. The van der Waals surface area contributed by atoms with Crippen LogP contribution in [0.1, 0.15) is 24.3 Å². The molecular weight excluding hydrogens is 240 g/mol. The first-order chi connectivity index (χ1) is 9.29. The standard InChI is InChI=1S/C15H16N2O2/c1-12(15-3-2-9-19-15)17-11-13-4-6-14(7-5-13)18-10-8-16/h2-7,9,12,17H,10-11H2,1H3/t12-/m1/s1. The van der Waals surface area contributed by atoms with Crippen molar-refractivity contribution >= 4 is 0 Å². The average molecular weight is 256 g/mol. The first kappa shape index (κ1) is 13.2. The Labute approximate surface area is 112 Å². The van der Waals surface area contributed by atoms with Crippen LogP contribution in [0.25, 0.3) is 0 Å². The van der Waals surface area contributed by atoms with Crippen LogP contribution in [0.2, 0.25) is 0 Å². The van der Waals surface area contributed by atoms with E-state index in [2.05, 4.69) is 12.2 Å². The van der Waals surface area contributed by atoms with Crippen molar-refractivity contribution < 1.29 is 9.15 Å². The van der Waals surface area contributed by atoms with Crippen LogP contribution in [0.3, 0.4) is 0 Å². The summed E-state index contributed by atoms with van der Waals surface area (Å²) in [6, 6.07) is 13.6. The van der Waals surface area contributed by atoms with Crippen LogP contribution >= 0.6 is 0 Å². The van der Waals surface area contributed by atoms with Gasteiger partial charge in [0, 0.05) is 6.54 Å². The van der Waals surface area contributed by atoms with Crippen molar-refractivity contribution in [3.63, 3.8) is 0 Å². The molecule has 0 saturated heterocycles. The second-order valence-electron chi connectivity index (χ2n) is 4.21. The molecule has 0 bridgehead atoms. The van der Waals surface area contributed by atoms with Gasteiger partial charge in [0.15, 0.2) is 6.61 Å². The monoisotopic (exact) mass is 256 g/mol. The van der Waals surface area contributed by atoms with Gasteiger partial charge in [0.1, 0.15) is 17.6 Å². The number of rotatable bonds is 6. The van der Waals surface area contributed by atoms with Gasteiger partial charge in [-0.3, -0.25) is 0 Å². The summed E-state index contributed by atoms with van der Waals surface area (Å²) >= 11 is 0. The molecule has 1 N–H and O–H groups in total. The van der Waals surface area contributed by atoms with Crippen molar-refractivity contribution in [2.24, 2.45) is 0 Å². The van der Waals surface area contributed by atoms with Crippen LogP contribution in [0, 0.1) is 11.3 Å². The Morgan fingerprint density at radius 1 is 1.32 bits per heavy atom. The molecule has 0 aliphatic rings. The predicted octanol–water partition coefficient (Wildman–Crippen LogP) is 3.03. The lowest BCUT2D eigenvalue weighted by Crippen LogP contribution is -2.17. The first-order valence-electron chi connectivity index (χ1n) is 6.15. The highest BCUT2D eigenvalue weighted by atomic mass is 16.5. The van der Waals surface area contributed by atoms with E-state index in [1.807, 2.05) is 42.5 Å². The Bertz CT molecular complexity index is 526. The maximum Gasteiger partial charge on any atom is 0.174 e. The lowest BCUT2D eigenvalue weighted by Gasteiger charge is -2.11. The Balaban J connectivity index is 1.85. The van der Waals surface area contributed by atoms with Gasteiger partial charge in [0.2, 0.25) is 0 Å². The van der Waals surface area contributed by atoms with Crippen molar-refractivity contribution in [3.05, 3.63) is 54.0 Å². The van der Waals surface area contributed by atoms with Gasteiger partial charge in [-0.25, -0.2) is 0 Å². The number of hydrogen-bond donors (Lipinski definition) is 1. The van der Waals surface area contributed by atoms with Gasteiger partial charge in [-0.2, -0.15) is 5.26 Å². The highest BCUT2D eigenvalue weighted by Gasteiger charge is 2.06. The molecule has 0 saturated carbocycles. The molecular formula is C15H16N2O2. The molecule has 0 spiro atoms. The highest BCUT2D eigenvalue weighted by molar-refractivity contribution is 5.27. The molecule has 4 nitrogen and oxygen atoms in total. The van der Waals surface area contributed by atoms with Crippen LogP contribution < -0.4 is 10.1 Å². The lowest BCUT2D eigenvalue weighted by molar-refractivity contribution is 0.368. The van der Waals surface area contributed by atoms with Crippen molar-refractivity contribution in [2.45, 2.75) is 19.5 Å². The zero-order valence-electron chi connectivity index (χ0n) is 10.8. The Morgan fingerprint density at radius 2 is 2.11 bits per heavy atom. The fourth-order valence-corrected chi connectivity index (χ4v) is 1.73. The molecule has 1 heterocycles. The van der Waals surface area contributed by atoms with E-state index < -0.39 is 0 Å². The molecule has 0 amide bonds. The molecule has 0 aliphatic heterocycles. The lowest BCUT2D eigenvalue weighted by atomic mass is 10.2. The number of nitriles is 1. The molecule has 2 aromatic rings. The third-order valence-corrected chi connectivity index (χ3v) is 2.81. The summed E-state index contributed by atoms with van der Waals surface area (Å²) in [5.74, 6) is 1.64. The van der Waals surface area contributed by atoms with E-state index in [1.165, 1.54) is 0 Å². The summed E-state index contributed by atoms with van der Waals surface area (Å²) in [6.07, 6.45) is 1.68. The molecule has 0 unspecified atom stereocenters. The zero-order valence-corrected chi connectivity index (χ0v) is 10.8. The minimum atomic E-state index is 0.0765. The topological polar surface area (TPSA) is 58.2 Å². The second-order valence-corrected chi connectivity index (χ2v) is 4.21. The summed E-state index contributed by atoms with van der Waals surface area (Å²) in [5, 5.41) is 11.8. The van der Waals surface area contributed by atoms with Crippen LogP contribution in [0.5, 0.6) is 5.75 Å². The fourth-order valence-electron chi connectivity index (χ4n) is 1.73. The summed E-state index contributed by atoms with van der Waals surface area (Å²) in [6.45, 7) is 2.89. The minimum absolute atomic E-state index is 0.0765. The molecule has 1 aromatic carbocycles. The quantitative estimate of drug-likeness (QED) is 0.863. The summed E-state index contributed by atoms with van der Waals surface area (Å²) in [5.41, 5.74) is 1.16. The predicted molar refractivity (Wildman–Crippen MR) is 71.5 cm³/mol. The van der Waals surface area contributed by atoms with Gasteiger partial charge in [0.25, 0.3) is 0 Å². The normalized spacial score (nSPS) is 11.8. The van der Waals surface area contributed by atoms with Gasteiger partial charge in [-0.1, -0.05) is 12.1 Å². The van der Waals surface area contributed by atoms with E-state index >= 15 is 0 Å². The van der Waals surface area contributed by atoms with E-state index in [0.29, 0.717) is 5.75 Å². The largest absolute Gasteiger partial charge is 0.479 e. The third kappa shape index (κ3) is 3.87. The van der Waals surface area contributed by atoms with Crippen molar-refractivity contribution in [2.75, 3.05) is 6.61 Å². The highest BCUT2D eigenvalue weighted by Crippen LogP contribution is 2.15. The number of nitrogens with zero attached hydrogens (tertiary/aromatic N) is 1. The maximum absolute atomic E-state index is 8.42. The molecule has 1 atom stereocenters. The molecule has 2 rings (SSSR count). The number of hydrogen-bond acceptors (Lipinski definition) is 4. The molecule has 0 aliphatic carbocycles. The average Bonchev–Trinajstić information content (AvgIpc) is 2.98. The Morgan fingerprint density at radius 3 is 2.74 bits per heavy atom. The van der Waals surface area contributed by atoms with Crippen LogP contribution in [-0.2, 0) is 6.54 Å². The second kappa shape index (κ2) is 6.62. The SMILES string of the molecule is C[C@@H](NCc1ccc(OCC#N)cc1)c1ccco1. The van der Waals surface area contributed by atoms with Crippen molar-refractivity contribution in [1.29, 1.82) is 5.26 Å². The van der Waals surface area contributed by atoms with E-state index in [1.54, 1.807) is 6.26 Å². The van der Waals surface area contributed by atoms with Crippen molar-refractivity contribution in [1.82, 2.24) is 5.32 Å². The van der Waals surface area contributed by atoms with Crippen LogP contribution in [0.15, 0.2) is 47.1 Å². The van der Waals surface area contributed by atoms with E-state index in [-0.39, 0.29) is 12.6 Å². The number of benzene rings is 1. The van der Waals surface area contributed by atoms with Gasteiger partial charge < -0.3 is 14.5 Å². The van der Waals surface area contributed by atoms with E-state index in [4.69, 9.17) is 14.4 Å². The van der Waals surface area contributed by atoms with Crippen molar-refractivity contribution in [3.8, 4) is 11.8 Å². The van der Waals surface area contributed by atoms with Crippen LogP contribution in [-0.4, -0.2) is 6.61 Å². The van der Waals surface area contributed by atoms with Crippen LogP contribution in [0.4, 0.5) is 0 Å². The van der Waals surface area contributed by atoms with Gasteiger partial charge in [-0.15, -0.1) is 0 Å². The maximum atomic E-state index is 8.42. The van der Waals surface area contributed by atoms with Gasteiger partial charge in [0.05, 0.1) is 12.3 Å². The molecule has 0 radical (unpaired) electrons. The van der Waals surface area contributed by atoms with E-state index in [0.717, 1.165) is 17.9 Å². The summed E-state index contributed by atoms with van der Waals surface area (Å²) in [7, 11) is 0. The minimum Gasteiger partial charge on any atom is -0.479 e. The number of ether oxygens (including phenoxy) is 1. The Kier molecular flexibility index (Phi) is 4.60. The van der Waals surface area contributed by atoms with Gasteiger partial charge in [-0.05, 0) is 36.8 Å². The smallest absolute Gasteiger partial charge is 0.174 e.